The molecule has 1 aliphatic rings. The van der Waals surface area contributed by atoms with E-state index in [4.69, 9.17) is 0 Å². The van der Waals surface area contributed by atoms with Crippen molar-refractivity contribution in [1.29, 1.82) is 0 Å². The van der Waals surface area contributed by atoms with Crippen LogP contribution in [-0.4, -0.2) is 17.0 Å². The number of rotatable bonds is 4. The van der Waals surface area contributed by atoms with Gasteiger partial charge in [-0.05, 0) is 48.4 Å². The zero-order valence-corrected chi connectivity index (χ0v) is 15.5. The van der Waals surface area contributed by atoms with Crippen LogP contribution in [0.15, 0.2) is 60.7 Å². The first-order valence-corrected chi connectivity index (χ1v) is 9.74. The van der Waals surface area contributed by atoms with Crippen LogP contribution in [0.5, 0.6) is 0 Å². The predicted octanol–water partition coefficient (Wildman–Crippen LogP) is 4.97. The van der Waals surface area contributed by atoms with E-state index in [0.29, 0.717) is 22.9 Å². The molecule has 2 aromatic carbocycles. The Morgan fingerprint density at radius 1 is 1.00 bits per heavy atom. The highest BCUT2D eigenvalue weighted by molar-refractivity contribution is 7.17. The largest absolute Gasteiger partial charge is 0.478 e. The average Bonchev–Trinajstić information content (AvgIpc) is 3.06. The van der Waals surface area contributed by atoms with Gasteiger partial charge >= 0.3 is 5.97 Å². The van der Waals surface area contributed by atoms with Crippen molar-refractivity contribution in [2.75, 3.05) is 5.32 Å². The standard InChI is InChI=1S/C22H19NO3S/c24-20(15-9-5-2-6-10-15)23-21-19(22(25)26)17-12-11-16(13-18(17)27-21)14-7-3-1-4-8-14/h1-10,16H,11-13H2,(H,23,24)(H,25,26). The summed E-state index contributed by atoms with van der Waals surface area (Å²) in [5, 5.41) is 13.0. The quantitative estimate of drug-likeness (QED) is 0.674. The second-order valence-electron chi connectivity index (χ2n) is 6.68. The molecule has 1 atom stereocenters. The van der Waals surface area contributed by atoms with Gasteiger partial charge in [-0.1, -0.05) is 48.5 Å². The van der Waals surface area contributed by atoms with Gasteiger partial charge in [0.25, 0.3) is 5.91 Å². The normalized spacial score (nSPS) is 15.8. The second-order valence-corrected chi connectivity index (χ2v) is 7.79. The number of hydrogen-bond donors (Lipinski definition) is 2. The Morgan fingerprint density at radius 3 is 2.33 bits per heavy atom. The lowest BCUT2D eigenvalue weighted by molar-refractivity contribution is 0.0697. The molecule has 0 aliphatic heterocycles. The minimum atomic E-state index is -0.978. The van der Waals surface area contributed by atoms with Crippen LogP contribution in [0.25, 0.3) is 0 Å². The molecule has 27 heavy (non-hydrogen) atoms. The zero-order chi connectivity index (χ0) is 18.8. The molecule has 1 heterocycles. The van der Waals surface area contributed by atoms with Gasteiger partial charge in [0.1, 0.15) is 5.00 Å². The van der Waals surface area contributed by atoms with Gasteiger partial charge < -0.3 is 10.4 Å². The molecule has 0 saturated heterocycles. The third-order valence-corrected chi connectivity index (χ3v) is 6.18. The summed E-state index contributed by atoms with van der Waals surface area (Å²) in [4.78, 5) is 25.4. The van der Waals surface area contributed by atoms with Gasteiger partial charge in [-0.15, -0.1) is 11.3 Å². The van der Waals surface area contributed by atoms with Crippen molar-refractivity contribution >= 4 is 28.2 Å². The van der Waals surface area contributed by atoms with Crippen LogP contribution < -0.4 is 5.32 Å². The minimum absolute atomic E-state index is 0.255. The van der Waals surface area contributed by atoms with Gasteiger partial charge in [0.15, 0.2) is 0 Å². The van der Waals surface area contributed by atoms with Gasteiger partial charge in [-0.2, -0.15) is 0 Å². The Hall–Kier alpha value is -2.92. The van der Waals surface area contributed by atoms with Crippen molar-refractivity contribution in [2.24, 2.45) is 0 Å². The molecule has 5 heteroatoms. The highest BCUT2D eigenvalue weighted by atomic mass is 32.1. The lowest BCUT2D eigenvalue weighted by Crippen LogP contribution is -2.15. The van der Waals surface area contributed by atoms with Crippen LogP contribution in [0.3, 0.4) is 0 Å². The summed E-state index contributed by atoms with van der Waals surface area (Å²) in [6.45, 7) is 0. The topological polar surface area (TPSA) is 66.4 Å². The van der Waals surface area contributed by atoms with Crippen LogP contribution in [-0.2, 0) is 12.8 Å². The molecule has 4 nitrogen and oxygen atoms in total. The van der Waals surface area contributed by atoms with Crippen molar-refractivity contribution in [3.8, 4) is 0 Å². The molecule has 1 aromatic heterocycles. The van der Waals surface area contributed by atoms with Gasteiger partial charge in [-0.3, -0.25) is 4.79 Å². The lowest BCUT2D eigenvalue weighted by Gasteiger charge is -2.22. The number of aromatic carboxylic acids is 1. The Morgan fingerprint density at radius 2 is 1.67 bits per heavy atom. The fourth-order valence-electron chi connectivity index (χ4n) is 3.67. The molecular weight excluding hydrogens is 358 g/mol. The van der Waals surface area contributed by atoms with Crippen LogP contribution in [0, 0.1) is 0 Å². The third kappa shape index (κ3) is 3.51. The number of nitrogens with one attached hydrogen (secondary N) is 1. The van der Waals surface area contributed by atoms with Crippen LogP contribution in [0.2, 0.25) is 0 Å². The number of carbonyl (C=O) groups excluding carboxylic acids is 1. The molecule has 0 radical (unpaired) electrons. The maximum absolute atomic E-state index is 12.5. The molecule has 0 fully saturated rings. The lowest BCUT2D eigenvalue weighted by atomic mass is 9.83. The van der Waals surface area contributed by atoms with Crippen molar-refractivity contribution in [2.45, 2.75) is 25.2 Å². The number of hydrogen-bond acceptors (Lipinski definition) is 3. The molecular formula is C22H19NO3S. The number of carbonyl (C=O) groups is 2. The van der Waals surface area contributed by atoms with E-state index in [9.17, 15) is 14.7 Å². The first-order valence-electron chi connectivity index (χ1n) is 8.92. The molecule has 1 unspecified atom stereocenters. The second kappa shape index (κ2) is 7.37. The summed E-state index contributed by atoms with van der Waals surface area (Å²) in [7, 11) is 0. The summed E-state index contributed by atoms with van der Waals surface area (Å²) >= 11 is 1.40. The smallest absolute Gasteiger partial charge is 0.339 e. The van der Waals surface area contributed by atoms with Crippen LogP contribution in [0.1, 0.15) is 49.1 Å². The SMILES string of the molecule is O=C(Nc1sc2c(c1C(=O)O)CCC(c1ccccc1)C2)c1ccccc1. The van der Waals surface area contributed by atoms with E-state index < -0.39 is 5.97 Å². The maximum Gasteiger partial charge on any atom is 0.339 e. The molecule has 1 amide bonds. The van der Waals surface area contributed by atoms with E-state index in [1.54, 1.807) is 24.3 Å². The molecule has 3 aromatic rings. The van der Waals surface area contributed by atoms with E-state index in [1.165, 1.54) is 16.9 Å². The van der Waals surface area contributed by atoms with Crippen LogP contribution in [0.4, 0.5) is 5.00 Å². The van der Waals surface area contributed by atoms with Gasteiger partial charge in [0.05, 0.1) is 5.56 Å². The fourth-order valence-corrected chi connectivity index (χ4v) is 4.99. The third-order valence-electron chi connectivity index (χ3n) is 5.01. The summed E-state index contributed by atoms with van der Waals surface area (Å²) in [5.41, 5.74) is 2.93. The molecule has 4 rings (SSSR count). The molecule has 0 bridgehead atoms. The fraction of sp³-hybridized carbons (Fsp3) is 0.182. The van der Waals surface area contributed by atoms with Crippen molar-refractivity contribution in [1.82, 2.24) is 0 Å². The molecule has 1 aliphatic carbocycles. The van der Waals surface area contributed by atoms with Gasteiger partial charge in [0, 0.05) is 10.4 Å². The predicted molar refractivity (Wildman–Crippen MR) is 107 cm³/mol. The molecule has 136 valence electrons. The summed E-state index contributed by atoms with van der Waals surface area (Å²) < 4.78 is 0. The number of fused-ring (bicyclic) bond motifs is 1. The Kier molecular flexibility index (Phi) is 4.77. The monoisotopic (exact) mass is 377 g/mol. The number of anilines is 1. The number of carboxylic acid groups (broad SMARTS) is 1. The van der Waals surface area contributed by atoms with E-state index in [-0.39, 0.29) is 11.5 Å². The van der Waals surface area contributed by atoms with Crippen LogP contribution >= 0.6 is 11.3 Å². The number of benzene rings is 2. The van der Waals surface area contributed by atoms with Gasteiger partial charge in [0.2, 0.25) is 0 Å². The summed E-state index contributed by atoms with van der Waals surface area (Å²) in [5.74, 6) is -0.873. The van der Waals surface area contributed by atoms with E-state index in [2.05, 4.69) is 17.4 Å². The summed E-state index contributed by atoms with van der Waals surface area (Å²) in [6, 6.07) is 19.2. The first-order chi connectivity index (χ1) is 13.1. The number of thiophene rings is 1. The minimum Gasteiger partial charge on any atom is -0.478 e. The van der Waals surface area contributed by atoms with Crippen molar-refractivity contribution in [3.05, 3.63) is 87.8 Å². The highest BCUT2D eigenvalue weighted by Gasteiger charge is 2.30. The average molecular weight is 377 g/mol. The molecule has 0 saturated carbocycles. The Bertz CT molecular complexity index is 980. The summed E-state index contributed by atoms with van der Waals surface area (Å²) in [6.07, 6.45) is 2.44. The molecule has 2 N–H and O–H groups in total. The number of carboxylic acids is 1. The zero-order valence-electron chi connectivity index (χ0n) is 14.6. The first kappa shape index (κ1) is 17.5. The van der Waals surface area contributed by atoms with Crippen molar-refractivity contribution < 1.29 is 14.7 Å². The van der Waals surface area contributed by atoms with Gasteiger partial charge in [-0.25, -0.2) is 4.79 Å². The van der Waals surface area contributed by atoms with Crippen molar-refractivity contribution in [3.63, 3.8) is 0 Å². The molecule has 0 spiro atoms. The maximum atomic E-state index is 12.5. The Labute approximate surface area is 161 Å². The van der Waals surface area contributed by atoms with E-state index in [0.717, 1.165) is 23.3 Å². The van der Waals surface area contributed by atoms with E-state index >= 15 is 0 Å². The Balaban J connectivity index is 1.64. The highest BCUT2D eigenvalue weighted by Crippen LogP contribution is 2.42. The van der Waals surface area contributed by atoms with E-state index in [1.807, 2.05) is 24.3 Å². The number of amides is 1.